The van der Waals surface area contributed by atoms with Crippen LogP contribution in [0.1, 0.15) is 5.69 Å². The minimum Gasteiger partial charge on any atom is -0.364 e. The standard InChI is InChI=1S/C12H10N2O/c1-7-12-8(5-6-13-7)11-9(14-12)3-2-4-10(11)15/h2-6,13-14H,1H3. The van der Waals surface area contributed by atoms with Crippen LogP contribution >= 0.6 is 0 Å². The topological polar surface area (TPSA) is 48.6 Å². The van der Waals surface area contributed by atoms with Gasteiger partial charge < -0.3 is 9.97 Å². The molecule has 0 radical (unpaired) electrons. The Morgan fingerprint density at radius 1 is 1.20 bits per heavy atom. The van der Waals surface area contributed by atoms with Gasteiger partial charge in [-0.15, -0.1) is 0 Å². The third kappa shape index (κ3) is 1.03. The van der Waals surface area contributed by atoms with Gasteiger partial charge in [-0.05, 0) is 25.1 Å². The lowest BCUT2D eigenvalue weighted by molar-refractivity contribution is 1.22. The molecule has 0 aliphatic carbocycles. The first kappa shape index (κ1) is 8.29. The number of aromatic nitrogens is 2. The molecule has 3 nitrogen and oxygen atoms in total. The van der Waals surface area contributed by atoms with Crippen LogP contribution in [0.25, 0.3) is 21.8 Å². The zero-order valence-electron chi connectivity index (χ0n) is 8.29. The van der Waals surface area contributed by atoms with Crippen LogP contribution < -0.4 is 5.43 Å². The fourth-order valence-corrected chi connectivity index (χ4v) is 2.02. The van der Waals surface area contributed by atoms with Crippen molar-refractivity contribution in [2.75, 3.05) is 0 Å². The Labute approximate surface area is 85.8 Å². The molecular formula is C12H10N2O. The Morgan fingerprint density at radius 2 is 2.07 bits per heavy atom. The van der Waals surface area contributed by atoms with Crippen molar-refractivity contribution in [1.82, 2.24) is 9.97 Å². The predicted octanol–water partition coefficient (Wildman–Crippen LogP) is 2.32. The molecule has 15 heavy (non-hydrogen) atoms. The van der Waals surface area contributed by atoms with Crippen molar-refractivity contribution < 1.29 is 0 Å². The van der Waals surface area contributed by atoms with Gasteiger partial charge >= 0.3 is 0 Å². The molecule has 3 heteroatoms. The Balaban J connectivity index is 2.71. The van der Waals surface area contributed by atoms with E-state index in [0.717, 1.165) is 27.5 Å². The van der Waals surface area contributed by atoms with E-state index in [2.05, 4.69) is 9.97 Å². The highest BCUT2D eigenvalue weighted by atomic mass is 16.1. The zero-order chi connectivity index (χ0) is 10.4. The Bertz CT molecular complexity index is 706. The normalized spacial score (nSPS) is 11.3. The quantitative estimate of drug-likeness (QED) is 0.572. The number of fused-ring (bicyclic) bond motifs is 3. The van der Waals surface area contributed by atoms with Crippen LogP contribution in [0.2, 0.25) is 0 Å². The van der Waals surface area contributed by atoms with Crippen LogP contribution in [0.5, 0.6) is 0 Å². The van der Waals surface area contributed by atoms with Crippen molar-refractivity contribution in [2.24, 2.45) is 0 Å². The molecule has 0 fully saturated rings. The average Bonchev–Trinajstić information content (AvgIpc) is 2.59. The van der Waals surface area contributed by atoms with Crippen molar-refractivity contribution >= 4 is 21.8 Å². The summed E-state index contributed by atoms with van der Waals surface area (Å²) in [6.07, 6.45) is 1.86. The fourth-order valence-electron chi connectivity index (χ4n) is 2.02. The highest BCUT2D eigenvalue weighted by Crippen LogP contribution is 2.23. The summed E-state index contributed by atoms with van der Waals surface area (Å²) in [5.74, 6) is 0. The van der Waals surface area contributed by atoms with E-state index in [1.807, 2.05) is 25.3 Å². The summed E-state index contributed by atoms with van der Waals surface area (Å²) in [6, 6.07) is 7.24. The van der Waals surface area contributed by atoms with Gasteiger partial charge in [-0.1, -0.05) is 6.07 Å². The first-order valence-electron chi connectivity index (χ1n) is 4.86. The van der Waals surface area contributed by atoms with Gasteiger partial charge in [-0.25, -0.2) is 0 Å². The van der Waals surface area contributed by atoms with Crippen LogP contribution in [-0.2, 0) is 0 Å². The minimum atomic E-state index is 0.0735. The summed E-state index contributed by atoms with van der Waals surface area (Å²) in [5.41, 5.74) is 3.03. The second-order valence-corrected chi connectivity index (χ2v) is 3.70. The summed E-state index contributed by atoms with van der Waals surface area (Å²) >= 11 is 0. The molecule has 0 aliphatic heterocycles. The molecule has 0 aliphatic rings. The molecule has 1 aromatic carbocycles. The number of pyridine rings is 1. The lowest BCUT2D eigenvalue weighted by atomic mass is 10.1. The van der Waals surface area contributed by atoms with E-state index < -0.39 is 0 Å². The number of rotatable bonds is 0. The molecular weight excluding hydrogens is 188 g/mol. The van der Waals surface area contributed by atoms with E-state index in [1.165, 1.54) is 0 Å². The maximum atomic E-state index is 11.7. The van der Waals surface area contributed by atoms with Gasteiger partial charge in [-0.3, -0.25) is 4.79 Å². The second-order valence-electron chi connectivity index (χ2n) is 3.70. The average molecular weight is 198 g/mol. The maximum Gasteiger partial charge on any atom is 0.188 e. The lowest BCUT2D eigenvalue weighted by Gasteiger charge is -1.94. The minimum absolute atomic E-state index is 0.0735. The summed E-state index contributed by atoms with van der Waals surface area (Å²) in [5, 5.41) is 1.77. The van der Waals surface area contributed by atoms with E-state index in [4.69, 9.17) is 0 Å². The lowest BCUT2D eigenvalue weighted by Crippen LogP contribution is -1.95. The molecule has 0 saturated carbocycles. The molecule has 3 rings (SSSR count). The Hall–Kier alpha value is -2.03. The van der Waals surface area contributed by atoms with Crippen LogP contribution in [-0.4, -0.2) is 9.97 Å². The van der Waals surface area contributed by atoms with Gasteiger partial charge in [0.1, 0.15) is 0 Å². The summed E-state index contributed by atoms with van der Waals surface area (Å²) in [7, 11) is 0. The van der Waals surface area contributed by atoms with E-state index in [-0.39, 0.29) is 5.43 Å². The van der Waals surface area contributed by atoms with Crippen molar-refractivity contribution in [3.63, 3.8) is 0 Å². The number of aryl methyl sites for hydroxylation is 1. The molecule has 0 amide bonds. The second kappa shape index (κ2) is 2.73. The molecule has 74 valence electrons. The summed E-state index contributed by atoms with van der Waals surface area (Å²) in [4.78, 5) is 18.1. The number of aromatic amines is 2. The smallest absolute Gasteiger partial charge is 0.188 e. The van der Waals surface area contributed by atoms with E-state index in [9.17, 15) is 4.79 Å². The number of hydrogen-bond acceptors (Lipinski definition) is 1. The highest BCUT2D eigenvalue weighted by Gasteiger charge is 2.07. The van der Waals surface area contributed by atoms with Crippen molar-refractivity contribution in [3.8, 4) is 0 Å². The fraction of sp³-hybridized carbons (Fsp3) is 0.0833. The highest BCUT2D eigenvalue weighted by molar-refractivity contribution is 6.07. The van der Waals surface area contributed by atoms with E-state index in [1.54, 1.807) is 12.1 Å². The van der Waals surface area contributed by atoms with Crippen LogP contribution in [0, 0.1) is 6.92 Å². The first-order valence-corrected chi connectivity index (χ1v) is 4.86. The molecule has 0 atom stereocenters. The van der Waals surface area contributed by atoms with Crippen molar-refractivity contribution in [1.29, 1.82) is 0 Å². The van der Waals surface area contributed by atoms with Crippen molar-refractivity contribution in [2.45, 2.75) is 6.92 Å². The number of nitrogens with one attached hydrogen (secondary N) is 2. The molecule has 3 aromatic rings. The van der Waals surface area contributed by atoms with E-state index in [0.29, 0.717) is 0 Å². The van der Waals surface area contributed by atoms with Crippen LogP contribution in [0.4, 0.5) is 0 Å². The molecule has 0 unspecified atom stereocenters. The molecule has 0 saturated heterocycles. The molecule has 2 N–H and O–H groups in total. The van der Waals surface area contributed by atoms with Gasteiger partial charge in [0.05, 0.1) is 16.4 Å². The molecule has 2 aromatic heterocycles. The van der Waals surface area contributed by atoms with Gasteiger partial charge in [-0.2, -0.15) is 0 Å². The van der Waals surface area contributed by atoms with Crippen molar-refractivity contribution in [3.05, 3.63) is 46.4 Å². The first-order chi connectivity index (χ1) is 7.27. The molecule has 0 bridgehead atoms. The van der Waals surface area contributed by atoms with Gasteiger partial charge in [0.15, 0.2) is 5.43 Å². The van der Waals surface area contributed by atoms with E-state index >= 15 is 0 Å². The Kier molecular flexibility index (Phi) is 1.51. The number of hydrogen-bond donors (Lipinski definition) is 2. The largest absolute Gasteiger partial charge is 0.364 e. The number of H-pyrrole nitrogens is 2. The zero-order valence-corrected chi connectivity index (χ0v) is 8.29. The molecule has 2 heterocycles. The predicted molar refractivity (Wildman–Crippen MR) is 61.2 cm³/mol. The summed E-state index contributed by atoms with van der Waals surface area (Å²) in [6.45, 7) is 1.99. The maximum absolute atomic E-state index is 11.7. The van der Waals surface area contributed by atoms with Crippen LogP contribution in [0.3, 0.4) is 0 Å². The molecule has 0 spiro atoms. The monoisotopic (exact) mass is 198 g/mol. The third-order valence-corrected chi connectivity index (χ3v) is 2.75. The number of benzene rings is 1. The van der Waals surface area contributed by atoms with Gasteiger partial charge in [0.25, 0.3) is 0 Å². The third-order valence-electron chi connectivity index (χ3n) is 2.75. The van der Waals surface area contributed by atoms with Gasteiger partial charge in [0, 0.05) is 17.3 Å². The van der Waals surface area contributed by atoms with Gasteiger partial charge in [0.2, 0.25) is 0 Å². The Morgan fingerprint density at radius 3 is 2.93 bits per heavy atom. The summed E-state index contributed by atoms with van der Waals surface area (Å²) < 4.78 is 0. The SMILES string of the molecule is Cc1[nH]ccc2c1[nH]c1cccc(=O)c12. The van der Waals surface area contributed by atoms with Crippen LogP contribution in [0.15, 0.2) is 35.3 Å².